The number of fused-ring (bicyclic) bond motifs is 1. The van der Waals surface area contributed by atoms with Crippen molar-refractivity contribution in [3.05, 3.63) is 57.4 Å². The molecular weight excluding hydrogens is 326 g/mol. The van der Waals surface area contributed by atoms with Crippen LogP contribution < -0.4 is 11.2 Å². The van der Waals surface area contributed by atoms with E-state index in [-0.39, 0.29) is 23.1 Å². The number of rotatable bonds is 4. The third-order valence-electron chi connectivity index (χ3n) is 4.18. The summed E-state index contributed by atoms with van der Waals surface area (Å²) >= 11 is 4.35. The van der Waals surface area contributed by atoms with Gasteiger partial charge in [0.15, 0.2) is 0 Å². The zero-order valence-electron chi connectivity index (χ0n) is 13.5. The molecule has 0 aliphatic heterocycles. The quantitative estimate of drug-likeness (QED) is 0.693. The largest absolute Gasteiger partial charge is 0.395 e. The van der Waals surface area contributed by atoms with E-state index in [1.54, 1.807) is 13.2 Å². The fourth-order valence-corrected chi connectivity index (χ4v) is 3.10. The maximum absolute atomic E-state index is 12.7. The number of hydrogen-bond donors (Lipinski definition) is 2. The van der Waals surface area contributed by atoms with E-state index in [0.717, 1.165) is 15.8 Å². The number of benzene rings is 1. The van der Waals surface area contributed by atoms with Crippen molar-refractivity contribution in [2.75, 3.05) is 6.61 Å². The topological polar surface area (TPSA) is 69.2 Å². The van der Waals surface area contributed by atoms with Crippen LogP contribution in [0.2, 0.25) is 0 Å². The zero-order chi connectivity index (χ0) is 17.4. The molecule has 0 aliphatic carbocycles. The Labute approximate surface area is 144 Å². The molecule has 7 heteroatoms. The average molecular weight is 345 g/mol. The molecule has 1 aromatic carbocycles. The Morgan fingerprint density at radius 1 is 1.12 bits per heavy atom. The summed E-state index contributed by atoms with van der Waals surface area (Å²) in [6.45, 7) is 0.346. The molecule has 0 aliphatic rings. The molecule has 0 bridgehead atoms. The molecule has 2 aromatic heterocycles. The first-order valence-corrected chi connectivity index (χ1v) is 8.10. The van der Waals surface area contributed by atoms with Gasteiger partial charge in [0.25, 0.3) is 5.56 Å². The van der Waals surface area contributed by atoms with E-state index in [9.17, 15) is 14.7 Å². The number of thiol groups is 1. The van der Waals surface area contributed by atoms with Gasteiger partial charge in [-0.3, -0.25) is 13.9 Å². The monoisotopic (exact) mass is 345 g/mol. The molecule has 0 saturated heterocycles. The third-order valence-corrected chi connectivity index (χ3v) is 4.50. The summed E-state index contributed by atoms with van der Waals surface area (Å²) in [4.78, 5) is 24.9. The minimum absolute atomic E-state index is 0.0805. The number of hydrogen-bond acceptors (Lipinski definition) is 4. The third kappa shape index (κ3) is 2.59. The molecule has 126 valence electrons. The number of aromatic nitrogens is 3. The molecule has 1 N–H and O–H groups in total. The lowest BCUT2D eigenvalue weighted by atomic mass is 10.1. The van der Waals surface area contributed by atoms with Crippen molar-refractivity contribution in [3.8, 4) is 11.3 Å². The summed E-state index contributed by atoms with van der Waals surface area (Å²) in [5.41, 5.74) is 1.48. The van der Waals surface area contributed by atoms with Crippen molar-refractivity contribution in [3.63, 3.8) is 0 Å². The van der Waals surface area contributed by atoms with Gasteiger partial charge in [0.2, 0.25) is 0 Å². The number of aryl methyl sites for hydroxylation is 1. The van der Waals surface area contributed by atoms with Crippen LogP contribution in [-0.4, -0.2) is 30.7 Å². The van der Waals surface area contributed by atoms with Crippen LogP contribution in [-0.2, 0) is 20.6 Å². The lowest BCUT2D eigenvalue weighted by Crippen LogP contribution is -2.36. The van der Waals surface area contributed by atoms with E-state index in [2.05, 4.69) is 12.6 Å². The van der Waals surface area contributed by atoms with Gasteiger partial charge in [-0.1, -0.05) is 30.3 Å². The van der Waals surface area contributed by atoms with Crippen LogP contribution in [0.3, 0.4) is 0 Å². The number of nitrogens with zero attached hydrogens (tertiary/aromatic N) is 3. The van der Waals surface area contributed by atoms with Crippen molar-refractivity contribution >= 4 is 23.5 Å². The lowest BCUT2D eigenvalue weighted by molar-refractivity contribution is 0.287. The van der Waals surface area contributed by atoms with Crippen LogP contribution in [0.25, 0.3) is 22.2 Å². The predicted molar refractivity (Wildman–Crippen MR) is 97.7 cm³/mol. The highest BCUT2D eigenvalue weighted by atomic mass is 32.1. The molecule has 1 unspecified atom stereocenters. The zero-order valence-corrected chi connectivity index (χ0v) is 14.4. The second kappa shape index (κ2) is 6.33. The van der Waals surface area contributed by atoms with Gasteiger partial charge in [-0.15, -0.1) is 0 Å². The summed E-state index contributed by atoms with van der Waals surface area (Å²) in [5, 5.41) is 9.54. The molecule has 0 amide bonds. The molecule has 3 aromatic rings. The maximum atomic E-state index is 12.7. The Morgan fingerprint density at radius 2 is 1.79 bits per heavy atom. The normalized spacial score (nSPS) is 12.7. The second-order valence-corrected chi connectivity index (χ2v) is 6.53. The predicted octanol–water partition coefficient (Wildman–Crippen LogP) is 0.996. The molecule has 0 saturated carbocycles. The minimum atomic E-state index is -0.367. The minimum Gasteiger partial charge on any atom is -0.395 e. The van der Waals surface area contributed by atoms with Crippen molar-refractivity contribution < 1.29 is 5.11 Å². The molecule has 0 fully saturated rings. The van der Waals surface area contributed by atoms with Crippen molar-refractivity contribution in [2.45, 2.75) is 11.8 Å². The average Bonchev–Trinajstić information content (AvgIpc) is 2.97. The molecule has 3 rings (SSSR count). The second-order valence-electron chi connectivity index (χ2n) is 5.80. The Morgan fingerprint density at radius 3 is 2.42 bits per heavy atom. The Balaban J connectivity index is 2.43. The van der Waals surface area contributed by atoms with Gasteiger partial charge in [-0.2, -0.15) is 12.6 Å². The first-order chi connectivity index (χ1) is 11.5. The van der Waals surface area contributed by atoms with E-state index in [0.29, 0.717) is 17.4 Å². The highest BCUT2D eigenvalue weighted by molar-refractivity contribution is 7.81. The fourth-order valence-electron chi connectivity index (χ4n) is 2.92. The molecule has 2 heterocycles. The number of aliphatic hydroxyl groups is 1. The van der Waals surface area contributed by atoms with Crippen LogP contribution in [0.5, 0.6) is 0 Å². The van der Waals surface area contributed by atoms with E-state index in [1.807, 2.05) is 34.9 Å². The fraction of sp³-hybridized carbons (Fsp3) is 0.294. The lowest BCUT2D eigenvalue weighted by Gasteiger charge is -2.13. The van der Waals surface area contributed by atoms with Gasteiger partial charge in [-0.05, 0) is 5.56 Å². The Kier molecular flexibility index (Phi) is 4.38. The van der Waals surface area contributed by atoms with Crippen molar-refractivity contribution in [2.24, 2.45) is 14.1 Å². The standard InChI is InChI=1S/C17H19N3O3S/c1-18-13-9-20(8-12(24)10-21)15(11-6-4-3-5-7-11)14(13)16(22)19(2)17(18)23/h3-7,9,12,21,24H,8,10H2,1-2H3. The molecule has 0 radical (unpaired) electrons. The van der Waals surface area contributed by atoms with Crippen molar-refractivity contribution in [1.29, 1.82) is 0 Å². The highest BCUT2D eigenvalue weighted by Gasteiger charge is 2.20. The van der Waals surface area contributed by atoms with Gasteiger partial charge in [0.05, 0.1) is 23.2 Å². The molecule has 0 spiro atoms. The van der Waals surface area contributed by atoms with E-state index >= 15 is 0 Å². The van der Waals surface area contributed by atoms with Crippen LogP contribution in [0.4, 0.5) is 0 Å². The molecule has 24 heavy (non-hydrogen) atoms. The smallest absolute Gasteiger partial charge is 0.330 e. The number of aliphatic hydroxyl groups excluding tert-OH is 1. The molecule has 6 nitrogen and oxygen atoms in total. The SMILES string of the molecule is Cn1c(=O)c2c(-c3ccccc3)n(CC(S)CO)cc2n(C)c1=O. The molecule has 1 atom stereocenters. The Bertz CT molecular complexity index is 1000. The van der Waals surface area contributed by atoms with Gasteiger partial charge in [-0.25, -0.2) is 4.79 Å². The van der Waals surface area contributed by atoms with E-state index in [1.165, 1.54) is 11.6 Å². The first-order valence-electron chi connectivity index (χ1n) is 7.59. The molecular formula is C17H19N3O3S. The Hall–Kier alpha value is -2.25. The van der Waals surface area contributed by atoms with E-state index < -0.39 is 0 Å². The maximum Gasteiger partial charge on any atom is 0.330 e. The van der Waals surface area contributed by atoms with Crippen molar-refractivity contribution in [1.82, 2.24) is 13.7 Å². The van der Waals surface area contributed by atoms with Gasteiger partial charge in [0.1, 0.15) is 0 Å². The summed E-state index contributed by atoms with van der Waals surface area (Å²) in [7, 11) is 3.12. The van der Waals surface area contributed by atoms with Gasteiger partial charge < -0.3 is 9.67 Å². The summed E-state index contributed by atoms with van der Waals surface area (Å²) < 4.78 is 4.46. The first kappa shape index (κ1) is 16.6. The van der Waals surface area contributed by atoms with Gasteiger partial charge >= 0.3 is 5.69 Å². The van der Waals surface area contributed by atoms with Crippen LogP contribution in [0.15, 0.2) is 46.1 Å². The summed E-state index contributed by atoms with van der Waals surface area (Å²) in [5.74, 6) is 0. The van der Waals surface area contributed by atoms with E-state index in [4.69, 9.17) is 0 Å². The van der Waals surface area contributed by atoms with Crippen LogP contribution >= 0.6 is 12.6 Å². The summed E-state index contributed by atoms with van der Waals surface area (Å²) in [6, 6.07) is 9.54. The highest BCUT2D eigenvalue weighted by Crippen LogP contribution is 2.28. The van der Waals surface area contributed by atoms with Crippen LogP contribution in [0, 0.1) is 0 Å². The van der Waals surface area contributed by atoms with Crippen LogP contribution in [0.1, 0.15) is 0 Å². The summed E-state index contributed by atoms with van der Waals surface area (Å²) in [6.07, 6.45) is 1.78. The van der Waals surface area contributed by atoms with Gasteiger partial charge in [0, 0.05) is 32.1 Å².